The van der Waals surface area contributed by atoms with Crippen molar-refractivity contribution in [1.29, 1.82) is 0 Å². The fourth-order valence-electron chi connectivity index (χ4n) is 6.04. The van der Waals surface area contributed by atoms with E-state index in [1.165, 1.54) is 22.1 Å². The van der Waals surface area contributed by atoms with Crippen LogP contribution < -0.4 is 5.32 Å². The number of benzene rings is 2. The number of carbonyl (C=O) groups is 1. The smallest absolute Gasteiger partial charge is 0.225 e. The lowest BCUT2D eigenvalue weighted by molar-refractivity contribution is -0.138. The van der Waals surface area contributed by atoms with E-state index in [-0.39, 0.29) is 24.0 Å². The Hall–Kier alpha value is -3.71. The summed E-state index contributed by atoms with van der Waals surface area (Å²) in [6, 6.07) is 19.3. The molecule has 38 heavy (non-hydrogen) atoms. The Bertz CT molecular complexity index is 1430. The fraction of sp³-hybridized carbons (Fsp3) is 0.387. The summed E-state index contributed by atoms with van der Waals surface area (Å²) in [4.78, 5) is 24.2. The van der Waals surface area contributed by atoms with E-state index in [1.54, 1.807) is 0 Å². The Labute approximate surface area is 223 Å². The fourth-order valence-corrected chi connectivity index (χ4v) is 6.04. The molecule has 0 atom stereocenters. The second-order valence-electron chi connectivity index (χ2n) is 10.7. The van der Waals surface area contributed by atoms with Crippen molar-refractivity contribution in [3.05, 3.63) is 72.6 Å². The summed E-state index contributed by atoms with van der Waals surface area (Å²) in [5, 5.41) is 14.5. The lowest BCUT2D eigenvalue weighted by Crippen LogP contribution is -2.44. The maximum atomic E-state index is 12.9. The van der Waals surface area contributed by atoms with Gasteiger partial charge < -0.3 is 19.9 Å². The minimum Gasteiger partial charge on any atom is -0.393 e. The molecule has 6 rings (SSSR count). The van der Waals surface area contributed by atoms with Gasteiger partial charge in [-0.2, -0.15) is 4.98 Å². The Kier molecular flexibility index (Phi) is 6.85. The predicted molar refractivity (Wildman–Crippen MR) is 150 cm³/mol. The number of aliphatic hydroxyl groups excluding tert-OH is 1. The summed E-state index contributed by atoms with van der Waals surface area (Å²) in [6.45, 7) is 3.51. The monoisotopic (exact) mass is 509 g/mol. The van der Waals surface area contributed by atoms with Crippen molar-refractivity contribution in [1.82, 2.24) is 19.4 Å². The van der Waals surface area contributed by atoms with Crippen molar-refractivity contribution in [2.45, 2.75) is 57.6 Å². The Morgan fingerprint density at radius 2 is 1.68 bits per heavy atom. The first-order valence-electron chi connectivity index (χ1n) is 13.8. The molecule has 1 aliphatic carbocycles. The molecule has 196 valence electrons. The molecule has 1 aliphatic heterocycles. The van der Waals surface area contributed by atoms with E-state index in [1.807, 2.05) is 17.2 Å². The lowest BCUT2D eigenvalue weighted by atomic mass is 9.85. The number of fused-ring (bicyclic) bond motifs is 1. The highest BCUT2D eigenvalue weighted by Gasteiger charge is 2.31. The molecule has 2 fully saturated rings. The van der Waals surface area contributed by atoms with E-state index >= 15 is 0 Å². The third kappa shape index (κ3) is 4.90. The number of anilines is 1. The van der Waals surface area contributed by atoms with Crippen LogP contribution in [0.5, 0.6) is 0 Å². The lowest BCUT2D eigenvalue weighted by Gasteiger charge is -2.35. The molecule has 7 heteroatoms. The molecule has 1 amide bonds. The number of piperidine rings is 1. The second-order valence-corrected chi connectivity index (χ2v) is 10.7. The first-order valence-corrected chi connectivity index (χ1v) is 13.8. The minimum atomic E-state index is -0.255. The number of carbonyl (C=O) groups excluding carboxylic acids is 1. The average Bonchev–Trinajstić information content (AvgIpc) is 3.39. The minimum absolute atomic E-state index is 0.0873. The molecular weight excluding hydrogens is 474 g/mol. The summed E-state index contributed by atoms with van der Waals surface area (Å²) in [5.74, 6) is 1.80. The van der Waals surface area contributed by atoms with Crippen LogP contribution in [-0.2, 0) is 4.79 Å². The van der Waals surface area contributed by atoms with Gasteiger partial charge in [-0.15, -0.1) is 0 Å². The highest BCUT2D eigenvalue weighted by Crippen LogP contribution is 2.33. The molecule has 4 aromatic rings. The van der Waals surface area contributed by atoms with Crippen LogP contribution >= 0.6 is 0 Å². The van der Waals surface area contributed by atoms with Gasteiger partial charge in [0.15, 0.2) is 0 Å². The van der Waals surface area contributed by atoms with E-state index in [2.05, 4.69) is 76.5 Å². The second kappa shape index (κ2) is 10.6. The van der Waals surface area contributed by atoms with Gasteiger partial charge in [-0.3, -0.25) is 4.79 Å². The third-order valence-corrected chi connectivity index (χ3v) is 8.24. The summed E-state index contributed by atoms with van der Waals surface area (Å²) >= 11 is 0. The molecule has 0 spiro atoms. The maximum absolute atomic E-state index is 12.9. The molecule has 0 radical (unpaired) electrons. The molecular formula is C31H35N5O2. The Balaban J connectivity index is 1.15. The molecule has 2 aliphatic rings. The van der Waals surface area contributed by atoms with E-state index in [9.17, 15) is 9.90 Å². The molecule has 1 saturated heterocycles. The van der Waals surface area contributed by atoms with Crippen LogP contribution in [0, 0.1) is 12.8 Å². The zero-order chi connectivity index (χ0) is 26.1. The van der Waals surface area contributed by atoms with Crippen LogP contribution in [0.25, 0.3) is 27.8 Å². The van der Waals surface area contributed by atoms with Crippen molar-refractivity contribution in [2.75, 3.05) is 18.4 Å². The molecule has 2 aromatic heterocycles. The van der Waals surface area contributed by atoms with Gasteiger partial charge in [0.05, 0.1) is 11.6 Å². The van der Waals surface area contributed by atoms with Crippen molar-refractivity contribution < 1.29 is 9.90 Å². The van der Waals surface area contributed by atoms with E-state index in [0.29, 0.717) is 31.9 Å². The number of hydrogen-bond acceptors (Lipinski definition) is 5. The molecule has 3 heterocycles. The molecule has 2 N–H and O–H groups in total. The van der Waals surface area contributed by atoms with Gasteiger partial charge in [-0.25, -0.2) is 4.98 Å². The average molecular weight is 510 g/mol. The van der Waals surface area contributed by atoms with Crippen LogP contribution in [0.3, 0.4) is 0 Å². The van der Waals surface area contributed by atoms with Crippen molar-refractivity contribution in [2.24, 2.45) is 5.92 Å². The maximum Gasteiger partial charge on any atom is 0.225 e. The zero-order valence-corrected chi connectivity index (χ0v) is 21.9. The SMILES string of the molecule is Cc1ccccc1-c1cccc2c1ccn2-c1ccnc(NC2CCC(C(=O)N3CCC(O)CC3)CC2)n1. The first kappa shape index (κ1) is 24.6. The number of hydrogen-bond donors (Lipinski definition) is 2. The van der Waals surface area contributed by atoms with Crippen LogP contribution in [0.4, 0.5) is 5.95 Å². The molecule has 2 aromatic carbocycles. The normalized spacial score (nSPS) is 20.5. The number of rotatable bonds is 5. The summed E-state index contributed by atoms with van der Waals surface area (Å²) in [6.07, 6.45) is 8.61. The number of aromatic nitrogens is 3. The van der Waals surface area contributed by atoms with Gasteiger partial charge >= 0.3 is 0 Å². The summed E-state index contributed by atoms with van der Waals surface area (Å²) < 4.78 is 2.12. The predicted octanol–water partition coefficient (Wildman–Crippen LogP) is 5.35. The Morgan fingerprint density at radius 3 is 2.47 bits per heavy atom. The van der Waals surface area contributed by atoms with Crippen LogP contribution in [0.2, 0.25) is 0 Å². The molecule has 7 nitrogen and oxygen atoms in total. The zero-order valence-electron chi connectivity index (χ0n) is 21.9. The van der Waals surface area contributed by atoms with Gasteiger partial charge in [0.2, 0.25) is 11.9 Å². The number of nitrogens with zero attached hydrogens (tertiary/aromatic N) is 4. The molecule has 1 saturated carbocycles. The summed E-state index contributed by atoms with van der Waals surface area (Å²) in [5.41, 5.74) is 4.83. The van der Waals surface area contributed by atoms with Gasteiger partial charge in [-0.05, 0) is 80.3 Å². The number of nitrogens with one attached hydrogen (secondary N) is 1. The van der Waals surface area contributed by atoms with Crippen molar-refractivity contribution >= 4 is 22.8 Å². The van der Waals surface area contributed by atoms with E-state index in [4.69, 9.17) is 4.98 Å². The molecule has 0 bridgehead atoms. The number of amides is 1. The van der Waals surface area contributed by atoms with Crippen LogP contribution in [-0.4, -0.2) is 55.7 Å². The third-order valence-electron chi connectivity index (χ3n) is 8.24. The largest absolute Gasteiger partial charge is 0.393 e. The Morgan fingerprint density at radius 1 is 0.921 bits per heavy atom. The number of likely N-dealkylation sites (tertiary alicyclic amines) is 1. The van der Waals surface area contributed by atoms with Crippen LogP contribution in [0.15, 0.2) is 67.0 Å². The quantitative estimate of drug-likeness (QED) is 0.379. The highest BCUT2D eigenvalue weighted by molar-refractivity contribution is 5.96. The molecule has 0 unspecified atom stereocenters. The number of aliphatic hydroxyl groups is 1. The highest BCUT2D eigenvalue weighted by atomic mass is 16.3. The first-order chi connectivity index (χ1) is 18.6. The van der Waals surface area contributed by atoms with Gasteiger partial charge in [0.1, 0.15) is 5.82 Å². The van der Waals surface area contributed by atoms with Gasteiger partial charge in [0.25, 0.3) is 0 Å². The van der Waals surface area contributed by atoms with Gasteiger partial charge in [0, 0.05) is 42.8 Å². The van der Waals surface area contributed by atoms with E-state index < -0.39 is 0 Å². The van der Waals surface area contributed by atoms with Crippen molar-refractivity contribution in [3.63, 3.8) is 0 Å². The summed E-state index contributed by atoms with van der Waals surface area (Å²) in [7, 11) is 0. The topological polar surface area (TPSA) is 83.3 Å². The number of aryl methyl sites for hydroxylation is 1. The van der Waals surface area contributed by atoms with E-state index in [0.717, 1.165) is 37.0 Å². The van der Waals surface area contributed by atoms with Crippen LogP contribution in [0.1, 0.15) is 44.1 Å². The van der Waals surface area contributed by atoms with Crippen molar-refractivity contribution in [3.8, 4) is 16.9 Å². The van der Waals surface area contributed by atoms with Gasteiger partial charge in [-0.1, -0.05) is 36.4 Å². The standard InChI is InChI=1S/C31H35N5O2/c1-21-5-2-3-6-25(21)26-7-4-8-28-27(26)16-20-36(28)29-13-17-32-31(34-29)33-23-11-9-22(10-12-23)30(38)35-18-14-24(37)15-19-35/h2-8,13,16-17,20,22-24,37H,9-12,14-15,18-19H2,1H3,(H,32,33,34).